The lowest BCUT2D eigenvalue weighted by Gasteiger charge is -2.37. The van der Waals surface area contributed by atoms with Gasteiger partial charge in [-0.1, -0.05) is 0 Å². The van der Waals surface area contributed by atoms with Crippen molar-refractivity contribution in [2.45, 2.75) is 32.4 Å². The predicted molar refractivity (Wildman–Crippen MR) is 70.6 cm³/mol. The van der Waals surface area contributed by atoms with Gasteiger partial charge in [0.05, 0.1) is 6.26 Å². The first kappa shape index (κ1) is 14.9. The molecule has 1 fully saturated rings. The topological polar surface area (TPSA) is 52.6 Å². The third-order valence-electron chi connectivity index (χ3n) is 3.55. The Bertz CT molecular complexity index is 324. The van der Waals surface area contributed by atoms with Crippen molar-refractivity contribution in [3.63, 3.8) is 0 Å². The van der Waals surface area contributed by atoms with Crippen molar-refractivity contribution in [3.05, 3.63) is 0 Å². The van der Waals surface area contributed by atoms with Crippen LogP contribution in [-0.4, -0.2) is 69.2 Å². The Hall–Kier alpha value is -0.170. The summed E-state index contributed by atoms with van der Waals surface area (Å²) in [6, 6.07) is 0.997. The molecule has 0 amide bonds. The standard InChI is InChI=1S/C11H25N3O2S/c1-10(12-3)9-11(2)13-5-7-14(8-6-13)17(4,15)16/h10-12H,5-9H2,1-4H3. The molecule has 0 aromatic carbocycles. The molecule has 0 aromatic heterocycles. The van der Waals surface area contributed by atoms with Gasteiger partial charge in [0.25, 0.3) is 0 Å². The average molecular weight is 263 g/mol. The molecule has 0 aliphatic carbocycles. The van der Waals surface area contributed by atoms with E-state index in [0.717, 1.165) is 19.5 Å². The molecule has 6 heteroatoms. The zero-order valence-electron chi connectivity index (χ0n) is 11.3. The maximum Gasteiger partial charge on any atom is 0.211 e. The predicted octanol–water partition coefficient (Wildman–Crippen LogP) is -0.0499. The number of piperazine rings is 1. The molecule has 102 valence electrons. The molecule has 1 aliphatic heterocycles. The molecule has 1 aliphatic rings. The highest BCUT2D eigenvalue weighted by atomic mass is 32.2. The normalized spacial score (nSPS) is 23.5. The van der Waals surface area contributed by atoms with E-state index in [1.54, 1.807) is 4.31 Å². The summed E-state index contributed by atoms with van der Waals surface area (Å²) >= 11 is 0. The molecule has 0 aromatic rings. The molecular weight excluding hydrogens is 238 g/mol. The minimum atomic E-state index is -3.01. The summed E-state index contributed by atoms with van der Waals surface area (Å²) in [5.41, 5.74) is 0. The molecule has 2 unspecified atom stereocenters. The van der Waals surface area contributed by atoms with E-state index in [9.17, 15) is 8.42 Å². The quantitative estimate of drug-likeness (QED) is 0.756. The second kappa shape index (κ2) is 6.13. The lowest BCUT2D eigenvalue weighted by atomic mass is 10.1. The summed E-state index contributed by atoms with van der Waals surface area (Å²) in [7, 11) is -1.04. The van der Waals surface area contributed by atoms with Crippen LogP contribution in [0, 0.1) is 0 Å². The van der Waals surface area contributed by atoms with Crippen molar-refractivity contribution in [3.8, 4) is 0 Å². The van der Waals surface area contributed by atoms with Crippen LogP contribution in [0.3, 0.4) is 0 Å². The average Bonchev–Trinajstić information content (AvgIpc) is 2.27. The summed E-state index contributed by atoms with van der Waals surface area (Å²) in [4.78, 5) is 2.37. The third-order valence-corrected chi connectivity index (χ3v) is 4.86. The zero-order valence-corrected chi connectivity index (χ0v) is 12.1. The highest BCUT2D eigenvalue weighted by Crippen LogP contribution is 2.12. The number of nitrogens with zero attached hydrogens (tertiary/aromatic N) is 2. The van der Waals surface area contributed by atoms with Gasteiger partial charge >= 0.3 is 0 Å². The fourth-order valence-electron chi connectivity index (χ4n) is 2.25. The molecular formula is C11H25N3O2S. The molecule has 0 spiro atoms. The molecule has 0 saturated carbocycles. The third kappa shape index (κ3) is 4.54. The summed E-state index contributed by atoms with van der Waals surface area (Å²) in [6.45, 7) is 7.30. The maximum absolute atomic E-state index is 11.4. The smallest absolute Gasteiger partial charge is 0.211 e. The summed E-state index contributed by atoms with van der Waals surface area (Å²) in [5, 5.41) is 3.23. The second-order valence-corrected chi connectivity index (χ2v) is 6.95. The first-order valence-electron chi connectivity index (χ1n) is 6.21. The van der Waals surface area contributed by atoms with Gasteiger partial charge in [0, 0.05) is 38.3 Å². The number of hydrogen-bond acceptors (Lipinski definition) is 4. The molecule has 0 bridgehead atoms. The fourth-order valence-corrected chi connectivity index (χ4v) is 3.08. The molecule has 1 heterocycles. The van der Waals surface area contributed by atoms with Gasteiger partial charge in [-0.15, -0.1) is 0 Å². The van der Waals surface area contributed by atoms with Crippen LogP contribution in [0.2, 0.25) is 0 Å². The lowest BCUT2D eigenvalue weighted by Crippen LogP contribution is -2.51. The zero-order chi connectivity index (χ0) is 13.1. The van der Waals surface area contributed by atoms with E-state index in [0.29, 0.717) is 25.2 Å². The minimum Gasteiger partial charge on any atom is -0.317 e. The van der Waals surface area contributed by atoms with Crippen molar-refractivity contribution in [1.82, 2.24) is 14.5 Å². The monoisotopic (exact) mass is 263 g/mol. The fraction of sp³-hybridized carbons (Fsp3) is 1.00. The van der Waals surface area contributed by atoms with Crippen molar-refractivity contribution < 1.29 is 8.42 Å². The van der Waals surface area contributed by atoms with Crippen molar-refractivity contribution in [2.75, 3.05) is 39.5 Å². The first-order valence-corrected chi connectivity index (χ1v) is 8.06. The maximum atomic E-state index is 11.4. The van der Waals surface area contributed by atoms with E-state index in [1.165, 1.54) is 6.26 Å². The summed E-state index contributed by atoms with van der Waals surface area (Å²) in [5.74, 6) is 0. The Kier molecular flexibility index (Phi) is 5.37. The Morgan fingerprint density at radius 2 is 1.71 bits per heavy atom. The van der Waals surface area contributed by atoms with Gasteiger partial charge in [-0.25, -0.2) is 8.42 Å². The van der Waals surface area contributed by atoms with Crippen LogP contribution < -0.4 is 5.32 Å². The van der Waals surface area contributed by atoms with Crippen molar-refractivity contribution >= 4 is 10.0 Å². The van der Waals surface area contributed by atoms with Crippen LogP contribution in [-0.2, 0) is 10.0 Å². The summed E-state index contributed by atoms with van der Waals surface area (Å²) in [6.07, 6.45) is 2.38. The summed E-state index contributed by atoms with van der Waals surface area (Å²) < 4.78 is 24.3. The number of hydrogen-bond donors (Lipinski definition) is 1. The van der Waals surface area contributed by atoms with Crippen LogP contribution in [0.1, 0.15) is 20.3 Å². The highest BCUT2D eigenvalue weighted by molar-refractivity contribution is 7.88. The number of rotatable bonds is 5. The number of sulfonamides is 1. The Labute approximate surface area is 105 Å². The van der Waals surface area contributed by atoms with Crippen LogP contribution in [0.25, 0.3) is 0 Å². The molecule has 1 saturated heterocycles. The molecule has 1 rings (SSSR count). The van der Waals surface area contributed by atoms with Gasteiger partial charge in [-0.05, 0) is 27.3 Å². The van der Waals surface area contributed by atoms with E-state index in [-0.39, 0.29) is 0 Å². The van der Waals surface area contributed by atoms with Crippen LogP contribution in [0.4, 0.5) is 0 Å². The second-order valence-electron chi connectivity index (χ2n) is 4.97. The van der Waals surface area contributed by atoms with Crippen LogP contribution in [0.5, 0.6) is 0 Å². The first-order chi connectivity index (χ1) is 7.84. The van der Waals surface area contributed by atoms with Gasteiger partial charge in [-0.3, -0.25) is 4.90 Å². The van der Waals surface area contributed by atoms with E-state index >= 15 is 0 Å². The van der Waals surface area contributed by atoms with Crippen molar-refractivity contribution in [1.29, 1.82) is 0 Å². The Morgan fingerprint density at radius 3 is 2.12 bits per heavy atom. The van der Waals surface area contributed by atoms with E-state index in [1.807, 2.05) is 7.05 Å². The van der Waals surface area contributed by atoms with Gasteiger partial charge < -0.3 is 5.32 Å². The van der Waals surface area contributed by atoms with Gasteiger partial charge in [-0.2, -0.15) is 4.31 Å². The minimum absolute atomic E-state index is 0.498. The van der Waals surface area contributed by atoms with Crippen LogP contribution in [0.15, 0.2) is 0 Å². The number of nitrogens with one attached hydrogen (secondary N) is 1. The van der Waals surface area contributed by atoms with E-state index in [4.69, 9.17) is 0 Å². The molecule has 1 N–H and O–H groups in total. The SMILES string of the molecule is CNC(C)CC(C)N1CCN(S(C)(=O)=O)CC1. The Morgan fingerprint density at radius 1 is 1.18 bits per heavy atom. The van der Waals surface area contributed by atoms with Gasteiger partial charge in [0.2, 0.25) is 10.0 Å². The van der Waals surface area contributed by atoms with Gasteiger partial charge in [0.1, 0.15) is 0 Å². The van der Waals surface area contributed by atoms with Gasteiger partial charge in [0.15, 0.2) is 0 Å². The highest BCUT2D eigenvalue weighted by Gasteiger charge is 2.26. The molecule has 0 radical (unpaired) electrons. The Balaban J connectivity index is 2.41. The van der Waals surface area contributed by atoms with Crippen molar-refractivity contribution in [2.24, 2.45) is 0 Å². The largest absolute Gasteiger partial charge is 0.317 e. The lowest BCUT2D eigenvalue weighted by molar-refractivity contribution is 0.134. The van der Waals surface area contributed by atoms with Crippen LogP contribution >= 0.6 is 0 Å². The molecule has 2 atom stereocenters. The molecule has 17 heavy (non-hydrogen) atoms. The molecule has 5 nitrogen and oxygen atoms in total. The van der Waals surface area contributed by atoms with E-state index in [2.05, 4.69) is 24.1 Å². The van der Waals surface area contributed by atoms with E-state index < -0.39 is 10.0 Å².